The number of H-pyrrole nitrogens is 1. The number of amides is 2. The second kappa shape index (κ2) is 9.22. The summed E-state index contributed by atoms with van der Waals surface area (Å²) in [7, 11) is 1.62. The van der Waals surface area contributed by atoms with E-state index < -0.39 is 6.10 Å². The lowest BCUT2D eigenvalue weighted by molar-refractivity contribution is -0.145. The van der Waals surface area contributed by atoms with Crippen LogP contribution in [0.15, 0.2) is 47.6 Å². The number of aromatic nitrogens is 2. The van der Waals surface area contributed by atoms with Crippen molar-refractivity contribution in [3.63, 3.8) is 0 Å². The molecule has 3 aromatic rings. The van der Waals surface area contributed by atoms with Crippen molar-refractivity contribution in [2.24, 2.45) is 0 Å². The zero-order valence-electron chi connectivity index (χ0n) is 18.2. The number of piperazine rings is 1. The van der Waals surface area contributed by atoms with Gasteiger partial charge < -0.3 is 29.0 Å². The molecule has 0 spiro atoms. The fourth-order valence-corrected chi connectivity index (χ4v) is 4.69. The molecule has 0 radical (unpaired) electrons. The van der Waals surface area contributed by atoms with Crippen molar-refractivity contribution in [3.05, 3.63) is 42.5 Å². The number of imidazole rings is 1. The Bertz CT molecular complexity index is 1170. The van der Waals surface area contributed by atoms with Crippen molar-refractivity contribution >= 4 is 34.6 Å². The molecule has 2 aliphatic rings. The highest BCUT2D eigenvalue weighted by Crippen LogP contribution is 2.31. The molecule has 2 aliphatic heterocycles. The summed E-state index contributed by atoms with van der Waals surface area (Å²) in [4.78, 5) is 36.8. The summed E-state index contributed by atoms with van der Waals surface area (Å²) in [6.45, 7) is 2.12. The summed E-state index contributed by atoms with van der Waals surface area (Å²) < 4.78 is 16.7. The standard InChI is InChI=1S/C23H24N4O5S/c1-30-15-6-7-16-17(12-15)25-23(24-16)33-14-21(28)26-8-10-27(11-9-26)22(29)20-13-31-18-4-2-3-5-19(18)32-20/h2-7,12,20H,8-11,13-14H2,1H3,(H,24,25)/t20-/m1/s1. The molecular weight excluding hydrogens is 444 g/mol. The van der Waals surface area contributed by atoms with Gasteiger partial charge in [0.25, 0.3) is 5.91 Å². The predicted molar refractivity (Wildman–Crippen MR) is 123 cm³/mol. The summed E-state index contributed by atoms with van der Waals surface area (Å²) >= 11 is 1.37. The van der Waals surface area contributed by atoms with Crippen LogP contribution in [0.2, 0.25) is 0 Å². The minimum Gasteiger partial charge on any atom is -0.497 e. The highest BCUT2D eigenvalue weighted by atomic mass is 32.2. The maximum atomic E-state index is 12.9. The van der Waals surface area contributed by atoms with Gasteiger partial charge in [0.15, 0.2) is 16.7 Å². The molecule has 1 saturated heterocycles. The Kier molecular flexibility index (Phi) is 5.99. The molecule has 9 nitrogen and oxygen atoms in total. The molecule has 0 aliphatic carbocycles. The van der Waals surface area contributed by atoms with Gasteiger partial charge in [-0.3, -0.25) is 9.59 Å². The third kappa shape index (κ3) is 4.56. The first-order chi connectivity index (χ1) is 16.1. The number of carbonyl (C=O) groups is 2. The second-order valence-corrected chi connectivity index (χ2v) is 8.75. The van der Waals surface area contributed by atoms with Crippen LogP contribution in [-0.4, -0.2) is 83.3 Å². The van der Waals surface area contributed by atoms with Gasteiger partial charge in [-0.15, -0.1) is 0 Å². The molecule has 5 rings (SSSR count). The Labute approximate surface area is 195 Å². The van der Waals surface area contributed by atoms with Crippen molar-refractivity contribution in [2.75, 3.05) is 45.6 Å². The molecular formula is C23H24N4O5S. The number of hydrogen-bond acceptors (Lipinski definition) is 7. The smallest absolute Gasteiger partial charge is 0.267 e. The van der Waals surface area contributed by atoms with Gasteiger partial charge in [-0.25, -0.2) is 4.98 Å². The van der Waals surface area contributed by atoms with E-state index in [-0.39, 0.29) is 24.2 Å². The van der Waals surface area contributed by atoms with Crippen LogP contribution in [0.4, 0.5) is 0 Å². The van der Waals surface area contributed by atoms with Gasteiger partial charge in [-0.05, 0) is 24.3 Å². The summed E-state index contributed by atoms with van der Waals surface area (Å²) in [5, 5.41) is 0.690. The molecule has 1 fully saturated rings. The Morgan fingerprint density at radius 1 is 1.12 bits per heavy atom. The molecule has 2 amide bonds. The number of aromatic amines is 1. The second-order valence-electron chi connectivity index (χ2n) is 7.78. The number of carbonyl (C=O) groups excluding carboxylic acids is 2. The minimum absolute atomic E-state index is 0.0244. The van der Waals surface area contributed by atoms with E-state index in [0.717, 1.165) is 16.8 Å². The Hall–Kier alpha value is -3.40. The lowest BCUT2D eigenvalue weighted by Gasteiger charge is -2.37. The lowest BCUT2D eigenvalue weighted by atomic mass is 10.2. The van der Waals surface area contributed by atoms with Crippen molar-refractivity contribution in [3.8, 4) is 17.2 Å². The zero-order chi connectivity index (χ0) is 22.8. The van der Waals surface area contributed by atoms with Gasteiger partial charge >= 0.3 is 0 Å². The number of para-hydroxylation sites is 2. The fraction of sp³-hybridized carbons (Fsp3) is 0.348. The molecule has 0 unspecified atom stereocenters. The molecule has 1 atom stereocenters. The Morgan fingerprint density at radius 3 is 2.67 bits per heavy atom. The number of benzene rings is 2. The molecule has 10 heteroatoms. The summed E-state index contributed by atoms with van der Waals surface area (Å²) in [6.07, 6.45) is -0.663. The van der Waals surface area contributed by atoms with E-state index in [4.69, 9.17) is 14.2 Å². The summed E-state index contributed by atoms with van der Waals surface area (Å²) in [5.41, 5.74) is 1.70. The molecule has 172 valence electrons. The number of nitrogens with zero attached hydrogens (tertiary/aromatic N) is 3. The maximum Gasteiger partial charge on any atom is 0.267 e. The summed E-state index contributed by atoms with van der Waals surface area (Å²) in [6, 6.07) is 12.9. The monoisotopic (exact) mass is 468 g/mol. The van der Waals surface area contributed by atoms with Crippen LogP contribution in [0.25, 0.3) is 11.0 Å². The minimum atomic E-state index is -0.663. The van der Waals surface area contributed by atoms with Crippen LogP contribution in [0.1, 0.15) is 0 Å². The van der Waals surface area contributed by atoms with Gasteiger partial charge in [-0.2, -0.15) is 0 Å². The zero-order valence-corrected chi connectivity index (χ0v) is 19.0. The lowest BCUT2D eigenvalue weighted by Crippen LogP contribution is -2.55. The van der Waals surface area contributed by atoms with Crippen LogP contribution in [0.5, 0.6) is 17.2 Å². The molecule has 0 bridgehead atoms. The summed E-state index contributed by atoms with van der Waals surface area (Å²) in [5.74, 6) is 2.18. The molecule has 1 aromatic heterocycles. The van der Waals surface area contributed by atoms with E-state index in [9.17, 15) is 9.59 Å². The third-order valence-electron chi connectivity index (χ3n) is 5.73. The van der Waals surface area contributed by atoms with Crippen molar-refractivity contribution in [1.82, 2.24) is 19.8 Å². The molecule has 0 saturated carbocycles. The number of thioether (sulfide) groups is 1. The van der Waals surface area contributed by atoms with Crippen LogP contribution in [-0.2, 0) is 9.59 Å². The van der Waals surface area contributed by atoms with Crippen molar-refractivity contribution in [2.45, 2.75) is 11.3 Å². The topological polar surface area (TPSA) is 97.0 Å². The van der Waals surface area contributed by atoms with Gasteiger partial charge in [0.2, 0.25) is 12.0 Å². The average molecular weight is 469 g/mol. The van der Waals surface area contributed by atoms with Gasteiger partial charge in [-0.1, -0.05) is 23.9 Å². The van der Waals surface area contributed by atoms with Crippen LogP contribution in [0, 0.1) is 0 Å². The number of fused-ring (bicyclic) bond motifs is 2. The highest BCUT2D eigenvalue weighted by Gasteiger charge is 2.33. The van der Waals surface area contributed by atoms with Crippen molar-refractivity contribution in [1.29, 1.82) is 0 Å². The third-order valence-corrected chi connectivity index (χ3v) is 6.59. The first kappa shape index (κ1) is 21.4. The van der Waals surface area contributed by atoms with E-state index in [1.54, 1.807) is 23.0 Å². The normalized spacial score (nSPS) is 17.8. The average Bonchev–Trinajstić information content (AvgIpc) is 3.28. The molecule has 2 aromatic carbocycles. The SMILES string of the molecule is COc1ccc2nc(SCC(=O)N3CCN(C(=O)[C@H]4COc5ccccc5O4)CC3)[nH]c2c1. The van der Waals surface area contributed by atoms with E-state index >= 15 is 0 Å². The van der Waals surface area contributed by atoms with Crippen molar-refractivity contribution < 1.29 is 23.8 Å². The number of ether oxygens (including phenoxy) is 3. The number of rotatable bonds is 5. The van der Waals surface area contributed by atoms with E-state index in [1.165, 1.54) is 11.8 Å². The Morgan fingerprint density at radius 2 is 1.88 bits per heavy atom. The predicted octanol–water partition coefficient (Wildman–Crippen LogP) is 2.17. The molecule has 33 heavy (non-hydrogen) atoms. The number of hydrogen-bond donors (Lipinski definition) is 1. The largest absolute Gasteiger partial charge is 0.497 e. The molecule has 1 N–H and O–H groups in total. The first-order valence-electron chi connectivity index (χ1n) is 10.7. The molecule has 3 heterocycles. The van der Waals surface area contributed by atoms with Gasteiger partial charge in [0.05, 0.1) is 23.9 Å². The highest BCUT2D eigenvalue weighted by molar-refractivity contribution is 7.99. The Balaban J connectivity index is 1.11. The number of methoxy groups -OCH3 is 1. The van der Waals surface area contributed by atoms with Gasteiger partial charge in [0.1, 0.15) is 12.4 Å². The van der Waals surface area contributed by atoms with E-state index in [2.05, 4.69) is 9.97 Å². The van der Waals surface area contributed by atoms with Crippen LogP contribution >= 0.6 is 11.8 Å². The fourth-order valence-electron chi connectivity index (χ4n) is 3.90. The first-order valence-corrected chi connectivity index (χ1v) is 11.7. The number of nitrogens with one attached hydrogen (secondary N) is 1. The quantitative estimate of drug-likeness (QED) is 0.573. The van der Waals surface area contributed by atoms with E-state index in [0.29, 0.717) is 42.8 Å². The van der Waals surface area contributed by atoms with Crippen LogP contribution in [0.3, 0.4) is 0 Å². The van der Waals surface area contributed by atoms with E-state index in [1.807, 2.05) is 36.4 Å². The van der Waals surface area contributed by atoms with Gasteiger partial charge in [0, 0.05) is 32.2 Å². The van der Waals surface area contributed by atoms with Crippen LogP contribution < -0.4 is 14.2 Å². The maximum absolute atomic E-state index is 12.9.